The first-order chi connectivity index (χ1) is 9.26. The van der Waals surface area contributed by atoms with Gasteiger partial charge in [-0.05, 0) is 53.9 Å². The van der Waals surface area contributed by atoms with E-state index < -0.39 is 28.6 Å². The molecule has 0 atom stereocenters. The highest BCUT2D eigenvalue weighted by atomic mass is 16.6. The van der Waals surface area contributed by atoms with Gasteiger partial charge in [-0.25, -0.2) is 0 Å². The lowest BCUT2D eigenvalue weighted by Gasteiger charge is -2.37. The maximum Gasteiger partial charge on any atom is 0.324 e. The molecule has 124 valence electrons. The molecule has 0 unspecified atom stereocenters. The van der Waals surface area contributed by atoms with Gasteiger partial charge in [-0.1, -0.05) is 13.8 Å². The van der Waals surface area contributed by atoms with E-state index in [2.05, 4.69) is 0 Å². The lowest BCUT2D eigenvalue weighted by atomic mass is 9.74. The monoisotopic (exact) mass is 302 g/mol. The minimum absolute atomic E-state index is 0.0194. The maximum absolute atomic E-state index is 12.6. The number of carbonyl (C=O) groups excluding carboxylic acids is 2. The van der Waals surface area contributed by atoms with E-state index in [1.54, 1.807) is 55.4 Å². The van der Waals surface area contributed by atoms with Gasteiger partial charge < -0.3 is 14.6 Å². The summed E-state index contributed by atoms with van der Waals surface area (Å²) in [4.78, 5) is 25.2. The van der Waals surface area contributed by atoms with Crippen LogP contribution >= 0.6 is 0 Å². The zero-order valence-corrected chi connectivity index (χ0v) is 14.6. The Morgan fingerprint density at radius 2 is 1.24 bits per heavy atom. The summed E-state index contributed by atoms with van der Waals surface area (Å²) < 4.78 is 10.8. The molecule has 0 aromatic heterocycles. The van der Waals surface area contributed by atoms with Crippen LogP contribution in [0.2, 0.25) is 0 Å². The van der Waals surface area contributed by atoms with Gasteiger partial charge in [-0.3, -0.25) is 9.59 Å². The van der Waals surface area contributed by atoms with Crippen molar-refractivity contribution in [2.24, 2.45) is 11.3 Å². The van der Waals surface area contributed by atoms with Gasteiger partial charge in [0.25, 0.3) is 0 Å². The number of esters is 2. The first-order valence-corrected chi connectivity index (χ1v) is 7.34. The van der Waals surface area contributed by atoms with Crippen molar-refractivity contribution in [2.45, 2.75) is 73.0 Å². The van der Waals surface area contributed by atoms with Crippen molar-refractivity contribution in [1.29, 1.82) is 0 Å². The molecule has 0 rings (SSSR count). The number of hydrogen-bond donors (Lipinski definition) is 1. The summed E-state index contributed by atoms with van der Waals surface area (Å²) in [5, 5.41) is 9.33. The van der Waals surface area contributed by atoms with Gasteiger partial charge in [0.1, 0.15) is 11.2 Å². The Labute approximate surface area is 128 Å². The molecule has 0 spiro atoms. The summed E-state index contributed by atoms with van der Waals surface area (Å²) in [6, 6.07) is 0. The van der Waals surface area contributed by atoms with Crippen molar-refractivity contribution < 1.29 is 24.2 Å². The molecule has 5 heteroatoms. The Hall–Kier alpha value is -1.10. The van der Waals surface area contributed by atoms with Crippen molar-refractivity contribution in [3.05, 3.63) is 0 Å². The van der Waals surface area contributed by atoms with Gasteiger partial charge in [0.15, 0.2) is 5.41 Å². The molecule has 0 saturated carbocycles. The fourth-order valence-corrected chi connectivity index (χ4v) is 1.96. The minimum Gasteiger partial charge on any atom is -0.459 e. The highest BCUT2D eigenvalue weighted by Crippen LogP contribution is 2.37. The molecule has 0 amide bonds. The number of aliphatic hydroxyl groups is 1. The number of hydrogen-bond acceptors (Lipinski definition) is 5. The molecule has 0 bridgehead atoms. The molecule has 0 aromatic rings. The smallest absolute Gasteiger partial charge is 0.324 e. The molecule has 0 aromatic carbocycles. The molecule has 0 radical (unpaired) electrons. The summed E-state index contributed by atoms with van der Waals surface area (Å²) in [6.45, 7) is 13.7. The molecule has 0 aliphatic rings. The molecule has 5 nitrogen and oxygen atoms in total. The van der Waals surface area contributed by atoms with Crippen LogP contribution in [0, 0.1) is 11.3 Å². The number of aliphatic hydroxyl groups excluding tert-OH is 1. The lowest BCUT2D eigenvalue weighted by molar-refractivity contribution is -0.190. The van der Waals surface area contributed by atoms with Gasteiger partial charge in [0.2, 0.25) is 0 Å². The SMILES string of the molecule is CC(C)C(CCO)(C(=O)OC(C)(C)C)C(=O)OC(C)(C)C. The zero-order valence-electron chi connectivity index (χ0n) is 14.6. The molecule has 0 heterocycles. The molecular formula is C16H30O5. The third-order valence-corrected chi connectivity index (χ3v) is 3.02. The van der Waals surface area contributed by atoms with Crippen molar-refractivity contribution in [3.8, 4) is 0 Å². The maximum atomic E-state index is 12.6. The quantitative estimate of drug-likeness (QED) is 0.624. The second-order valence-corrected chi connectivity index (χ2v) is 7.60. The van der Waals surface area contributed by atoms with Gasteiger partial charge >= 0.3 is 11.9 Å². The second-order valence-electron chi connectivity index (χ2n) is 7.60. The predicted molar refractivity (Wildman–Crippen MR) is 80.7 cm³/mol. The Morgan fingerprint density at radius 1 is 0.905 bits per heavy atom. The van der Waals surface area contributed by atoms with Crippen molar-refractivity contribution >= 4 is 11.9 Å². The third-order valence-electron chi connectivity index (χ3n) is 3.02. The van der Waals surface area contributed by atoms with E-state index in [4.69, 9.17) is 9.47 Å². The standard InChI is InChI=1S/C16H30O5/c1-11(2)16(9-10-17,12(18)20-14(3,4)5)13(19)21-15(6,7)8/h11,17H,9-10H2,1-8H3. The molecule has 1 N–H and O–H groups in total. The summed E-state index contributed by atoms with van der Waals surface area (Å²) in [6.07, 6.45) is -0.0194. The Morgan fingerprint density at radius 3 is 1.43 bits per heavy atom. The van der Waals surface area contributed by atoms with E-state index in [1.807, 2.05) is 0 Å². The van der Waals surface area contributed by atoms with Gasteiger partial charge in [0, 0.05) is 6.61 Å². The van der Waals surface area contributed by atoms with Crippen LogP contribution < -0.4 is 0 Å². The van der Waals surface area contributed by atoms with Crippen LogP contribution in [0.5, 0.6) is 0 Å². The van der Waals surface area contributed by atoms with E-state index in [0.717, 1.165) is 0 Å². The summed E-state index contributed by atoms with van der Waals surface area (Å²) in [5.41, 5.74) is -2.92. The number of ether oxygens (including phenoxy) is 2. The van der Waals surface area contributed by atoms with E-state index >= 15 is 0 Å². The van der Waals surface area contributed by atoms with Crippen LogP contribution in [0.3, 0.4) is 0 Å². The Kier molecular flexibility index (Phi) is 6.42. The van der Waals surface area contributed by atoms with Crippen LogP contribution in [-0.4, -0.2) is 34.9 Å². The Balaban J connectivity index is 5.65. The fourth-order valence-electron chi connectivity index (χ4n) is 1.96. The number of carbonyl (C=O) groups is 2. The van der Waals surface area contributed by atoms with Crippen LogP contribution in [0.25, 0.3) is 0 Å². The van der Waals surface area contributed by atoms with E-state index in [9.17, 15) is 14.7 Å². The van der Waals surface area contributed by atoms with Gasteiger partial charge in [-0.15, -0.1) is 0 Å². The fraction of sp³-hybridized carbons (Fsp3) is 0.875. The van der Waals surface area contributed by atoms with Crippen molar-refractivity contribution in [2.75, 3.05) is 6.61 Å². The van der Waals surface area contributed by atoms with Gasteiger partial charge in [0.05, 0.1) is 0 Å². The summed E-state index contributed by atoms with van der Waals surface area (Å²) in [5.74, 6) is -1.64. The highest BCUT2D eigenvalue weighted by Gasteiger charge is 2.53. The van der Waals surface area contributed by atoms with Crippen molar-refractivity contribution in [1.82, 2.24) is 0 Å². The molecule has 21 heavy (non-hydrogen) atoms. The van der Waals surface area contributed by atoms with Crippen molar-refractivity contribution in [3.63, 3.8) is 0 Å². The van der Waals surface area contributed by atoms with E-state index in [-0.39, 0.29) is 18.9 Å². The largest absolute Gasteiger partial charge is 0.459 e. The zero-order chi connectivity index (χ0) is 17.1. The average Bonchev–Trinajstić information content (AvgIpc) is 2.19. The lowest BCUT2D eigenvalue weighted by Crippen LogP contribution is -2.50. The topological polar surface area (TPSA) is 72.8 Å². The number of rotatable bonds is 5. The van der Waals surface area contributed by atoms with Crippen LogP contribution in [0.4, 0.5) is 0 Å². The first kappa shape index (κ1) is 19.9. The molecule has 0 aliphatic carbocycles. The summed E-state index contributed by atoms with van der Waals surface area (Å²) in [7, 11) is 0. The third kappa shape index (κ3) is 5.65. The minimum atomic E-state index is -1.49. The molecule has 0 fully saturated rings. The highest BCUT2D eigenvalue weighted by molar-refractivity contribution is 6.00. The van der Waals surface area contributed by atoms with Gasteiger partial charge in [-0.2, -0.15) is 0 Å². The normalized spacial score (nSPS) is 13.2. The first-order valence-electron chi connectivity index (χ1n) is 7.34. The average molecular weight is 302 g/mol. The van der Waals surface area contributed by atoms with Crippen LogP contribution in [0.15, 0.2) is 0 Å². The molecular weight excluding hydrogens is 272 g/mol. The van der Waals surface area contributed by atoms with Crippen LogP contribution in [0.1, 0.15) is 61.8 Å². The van der Waals surface area contributed by atoms with Crippen LogP contribution in [-0.2, 0) is 19.1 Å². The Bertz CT molecular complexity index is 343. The second kappa shape index (κ2) is 6.77. The summed E-state index contributed by atoms with van der Waals surface area (Å²) >= 11 is 0. The molecule has 0 saturated heterocycles. The predicted octanol–water partition coefficient (Wildman–Crippen LogP) is 2.69. The van der Waals surface area contributed by atoms with E-state index in [1.165, 1.54) is 0 Å². The molecule has 0 aliphatic heterocycles. The van der Waals surface area contributed by atoms with E-state index in [0.29, 0.717) is 0 Å².